The monoisotopic (exact) mass is 390 g/mol. The first-order valence-electron chi connectivity index (χ1n) is 8.14. The number of benzene rings is 1. The van der Waals surface area contributed by atoms with Crippen molar-refractivity contribution in [1.82, 2.24) is 10.2 Å². The van der Waals surface area contributed by atoms with Crippen LogP contribution >= 0.6 is 24.8 Å². The zero-order chi connectivity index (χ0) is 16.2. The molecule has 2 saturated heterocycles. The lowest BCUT2D eigenvalue weighted by Gasteiger charge is -2.38. The first-order valence-corrected chi connectivity index (χ1v) is 8.14. The standard InChI is InChI=1S/C16H22N4O3.2ClH/c21-16(13-3-2-6-17-12-13)19-9-7-18(8-10-19)14-4-1-5-15(11-14)20(22)23;;/h1,4-5,11,13,17H,2-3,6-10,12H2;2*1H. The van der Waals surface area contributed by atoms with Gasteiger partial charge in [-0.2, -0.15) is 0 Å². The van der Waals surface area contributed by atoms with E-state index >= 15 is 0 Å². The molecule has 0 aromatic heterocycles. The highest BCUT2D eigenvalue weighted by molar-refractivity contribution is 5.85. The van der Waals surface area contributed by atoms with Gasteiger partial charge in [-0.15, -0.1) is 24.8 Å². The number of nitro groups is 1. The number of nitro benzene ring substituents is 1. The van der Waals surface area contributed by atoms with Crippen molar-refractivity contribution in [3.8, 4) is 0 Å². The summed E-state index contributed by atoms with van der Waals surface area (Å²) < 4.78 is 0. The van der Waals surface area contributed by atoms with Crippen LogP contribution in [0.2, 0.25) is 0 Å². The van der Waals surface area contributed by atoms with Gasteiger partial charge in [0.15, 0.2) is 0 Å². The van der Waals surface area contributed by atoms with E-state index in [9.17, 15) is 14.9 Å². The molecule has 2 aliphatic heterocycles. The number of carbonyl (C=O) groups excluding carboxylic acids is 1. The minimum atomic E-state index is -0.376. The van der Waals surface area contributed by atoms with Crippen LogP contribution in [0.5, 0.6) is 0 Å². The van der Waals surface area contributed by atoms with Gasteiger partial charge in [0.05, 0.1) is 10.8 Å². The first kappa shape index (κ1) is 21.5. The Hall–Kier alpha value is -1.57. The molecule has 0 bridgehead atoms. The van der Waals surface area contributed by atoms with Gasteiger partial charge in [-0.3, -0.25) is 14.9 Å². The van der Waals surface area contributed by atoms with E-state index in [0.29, 0.717) is 26.2 Å². The second-order valence-corrected chi connectivity index (χ2v) is 6.13. The van der Waals surface area contributed by atoms with Crippen LogP contribution in [0.4, 0.5) is 11.4 Å². The highest BCUT2D eigenvalue weighted by Crippen LogP contribution is 2.23. The van der Waals surface area contributed by atoms with E-state index < -0.39 is 0 Å². The van der Waals surface area contributed by atoms with Gasteiger partial charge in [0.1, 0.15) is 0 Å². The molecule has 2 heterocycles. The lowest BCUT2D eigenvalue weighted by molar-refractivity contribution is -0.384. The summed E-state index contributed by atoms with van der Waals surface area (Å²) in [5.74, 6) is 0.351. The molecule has 1 atom stereocenters. The average molecular weight is 391 g/mol. The molecule has 25 heavy (non-hydrogen) atoms. The number of non-ortho nitro benzene ring substituents is 1. The number of carbonyl (C=O) groups is 1. The minimum Gasteiger partial charge on any atom is -0.368 e. The summed E-state index contributed by atoms with van der Waals surface area (Å²) in [7, 11) is 0. The van der Waals surface area contributed by atoms with Crippen molar-refractivity contribution in [2.24, 2.45) is 5.92 Å². The maximum absolute atomic E-state index is 12.5. The van der Waals surface area contributed by atoms with E-state index in [4.69, 9.17) is 0 Å². The Morgan fingerprint density at radius 1 is 1.20 bits per heavy atom. The van der Waals surface area contributed by atoms with Crippen molar-refractivity contribution >= 4 is 42.1 Å². The van der Waals surface area contributed by atoms with E-state index in [0.717, 1.165) is 31.6 Å². The number of amides is 1. The van der Waals surface area contributed by atoms with Crippen molar-refractivity contribution in [3.63, 3.8) is 0 Å². The van der Waals surface area contributed by atoms with Gasteiger partial charge in [0.25, 0.3) is 5.69 Å². The highest BCUT2D eigenvalue weighted by atomic mass is 35.5. The van der Waals surface area contributed by atoms with E-state index in [1.165, 1.54) is 6.07 Å². The summed E-state index contributed by atoms with van der Waals surface area (Å²) in [6, 6.07) is 6.69. The predicted octanol–water partition coefficient (Wildman–Crippen LogP) is 2.09. The molecule has 1 aromatic rings. The van der Waals surface area contributed by atoms with Crippen molar-refractivity contribution in [1.29, 1.82) is 0 Å². The van der Waals surface area contributed by atoms with Gasteiger partial charge >= 0.3 is 0 Å². The van der Waals surface area contributed by atoms with Crippen LogP contribution in [0, 0.1) is 16.0 Å². The Morgan fingerprint density at radius 3 is 2.52 bits per heavy atom. The number of rotatable bonds is 3. The number of nitrogens with one attached hydrogen (secondary N) is 1. The van der Waals surface area contributed by atoms with Gasteiger partial charge in [-0.05, 0) is 25.5 Å². The molecular weight excluding hydrogens is 367 g/mol. The topological polar surface area (TPSA) is 78.7 Å². The molecule has 1 unspecified atom stereocenters. The molecule has 1 aromatic carbocycles. The van der Waals surface area contributed by atoms with E-state index in [-0.39, 0.29) is 47.2 Å². The molecule has 0 radical (unpaired) electrons. The van der Waals surface area contributed by atoms with E-state index in [2.05, 4.69) is 10.2 Å². The van der Waals surface area contributed by atoms with Crippen LogP contribution in [0.25, 0.3) is 0 Å². The molecular formula is C16H24Cl2N4O3. The molecule has 0 spiro atoms. The Bertz CT molecular complexity index is 588. The van der Waals surface area contributed by atoms with Gasteiger partial charge in [0.2, 0.25) is 5.91 Å². The number of piperazine rings is 1. The number of hydrogen-bond donors (Lipinski definition) is 1. The molecule has 1 N–H and O–H groups in total. The predicted molar refractivity (Wildman–Crippen MR) is 102 cm³/mol. The highest BCUT2D eigenvalue weighted by Gasteiger charge is 2.28. The van der Waals surface area contributed by atoms with Gasteiger partial charge < -0.3 is 15.1 Å². The van der Waals surface area contributed by atoms with Crippen molar-refractivity contribution in [2.75, 3.05) is 44.2 Å². The van der Waals surface area contributed by atoms with Crippen LogP contribution < -0.4 is 10.2 Å². The van der Waals surface area contributed by atoms with Crippen LogP contribution in [0.15, 0.2) is 24.3 Å². The molecule has 140 valence electrons. The fraction of sp³-hybridized carbons (Fsp3) is 0.562. The molecule has 1 amide bonds. The van der Waals surface area contributed by atoms with Gasteiger partial charge in [0, 0.05) is 50.5 Å². The smallest absolute Gasteiger partial charge is 0.271 e. The Kier molecular flexibility index (Phi) is 8.41. The second kappa shape index (κ2) is 9.79. The lowest BCUT2D eigenvalue weighted by Crippen LogP contribution is -2.52. The van der Waals surface area contributed by atoms with Gasteiger partial charge in [-0.1, -0.05) is 6.07 Å². The van der Waals surface area contributed by atoms with Crippen LogP contribution in [-0.4, -0.2) is 55.0 Å². The molecule has 0 aliphatic carbocycles. The largest absolute Gasteiger partial charge is 0.368 e. The maximum Gasteiger partial charge on any atom is 0.271 e. The summed E-state index contributed by atoms with van der Waals surface area (Å²) in [6.45, 7) is 4.57. The SMILES string of the molecule is Cl.Cl.O=C(C1CCCNC1)N1CCN(c2cccc([N+](=O)[O-])c2)CC1. The fourth-order valence-corrected chi connectivity index (χ4v) is 3.31. The Labute approximate surface area is 159 Å². The van der Waals surface area contributed by atoms with Gasteiger partial charge in [-0.25, -0.2) is 0 Å². The van der Waals surface area contributed by atoms with E-state index in [1.807, 2.05) is 11.0 Å². The lowest BCUT2D eigenvalue weighted by atomic mass is 9.98. The third kappa shape index (κ3) is 5.20. The summed E-state index contributed by atoms with van der Waals surface area (Å²) in [4.78, 5) is 27.1. The minimum absolute atomic E-state index is 0. The van der Waals surface area contributed by atoms with Crippen LogP contribution in [0.1, 0.15) is 12.8 Å². The summed E-state index contributed by atoms with van der Waals surface area (Å²) >= 11 is 0. The molecule has 3 rings (SSSR count). The summed E-state index contributed by atoms with van der Waals surface area (Å²) in [5, 5.41) is 14.2. The number of piperidine rings is 1. The Morgan fingerprint density at radius 2 is 1.92 bits per heavy atom. The second-order valence-electron chi connectivity index (χ2n) is 6.13. The molecule has 2 aliphatic rings. The number of anilines is 1. The Balaban J connectivity index is 0.00000156. The zero-order valence-electron chi connectivity index (χ0n) is 13.9. The summed E-state index contributed by atoms with van der Waals surface area (Å²) in [5.41, 5.74) is 0.958. The van der Waals surface area contributed by atoms with Crippen molar-refractivity contribution < 1.29 is 9.72 Å². The normalized spacial score (nSPS) is 20.2. The van der Waals surface area contributed by atoms with Crippen LogP contribution in [-0.2, 0) is 4.79 Å². The number of nitrogens with zero attached hydrogens (tertiary/aromatic N) is 3. The fourth-order valence-electron chi connectivity index (χ4n) is 3.31. The van der Waals surface area contributed by atoms with Crippen molar-refractivity contribution in [3.05, 3.63) is 34.4 Å². The van der Waals surface area contributed by atoms with Crippen molar-refractivity contribution in [2.45, 2.75) is 12.8 Å². The van der Waals surface area contributed by atoms with E-state index in [1.54, 1.807) is 12.1 Å². The molecule has 0 saturated carbocycles. The summed E-state index contributed by atoms with van der Waals surface area (Å²) in [6.07, 6.45) is 2.03. The third-order valence-electron chi connectivity index (χ3n) is 4.64. The molecule has 2 fully saturated rings. The number of hydrogen-bond acceptors (Lipinski definition) is 5. The first-order chi connectivity index (χ1) is 11.1. The third-order valence-corrected chi connectivity index (χ3v) is 4.64. The quantitative estimate of drug-likeness (QED) is 0.631. The molecule has 7 nitrogen and oxygen atoms in total. The molecule has 9 heteroatoms. The number of halogens is 2. The maximum atomic E-state index is 12.5. The van der Waals surface area contributed by atoms with Crippen LogP contribution in [0.3, 0.4) is 0 Å². The average Bonchev–Trinajstić information content (AvgIpc) is 2.62. The zero-order valence-corrected chi connectivity index (χ0v) is 15.6.